The maximum atomic E-state index is 14.1. The molecule has 0 radical (unpaired) electrons. The normalized spacial score (nSPS) is 20.9. The van der Waals surface area contributed by atoms with Crippen molar-refractivity contribution in [2.75, 3.05) is 17.2 Å². The second-order valence-corrected chi connectivity index (χ2v) is 18.5. The number of carbonyl (C=O) groups is 4. The molecule has 69 heavy (non-hydrogen) atoms. The van der Waals surface area contributed by atoms with Gasteiger partial charge in [-0.15, -0.1) is 0 Å². The van der Waals surface area contributed by atoms with Gasteiger partial charge in [-0.05, 0) is 84.7 Å². The van der Waals surface area contributed by atoms with Gasteiger partial charge in [0.2, 0.25) is 23.6 Å². The molecule has 2 aromatic heterocycles. The van der Waals surface area contributed by atoms with Crippen molar-refractivity contribution in [1.82, 2.24) is 36.4 Å². The van der Waals surface area contributed by atoms with Gasteiger partial charge in [0.25, 0.3) is 0 Å². The number of hydrogen-bond acceptors (Lipinski definition) is 11. The Hall–Kier alpha value is -6.92. The first-order valence-electron chi connectivity index (χ1n) is 24.2. The second-order valence-electron chi connectivity index (χ2n) is 18.5. The molecule has 0 spiro atoms. The fourth-order valence-electron chi connectivity index (χ4n) is 9.63. The van der Waals surface area contributed by atoms with Crippen LogP contribution >= 0.6 is 0 Å². The van der Waals surface area contributed by atoms with Crippen molar-refractivity contribution < 1.29 is 42.7 Å². The van der Waals surface area contributed by atoms with E-state index in [0.717, 1.165) is 90.4 Å². The number of nitrogens with one attached hydrogen (secondary N) is 7. The number of nitrogens with zero attached hydrogens (tertiary/aromatic N) is 4. The SMILES string of the molecule is CC.N#CC(NC(=O)C(CC1CC1)NC(=O)C1Cc2cccc(F)c2N1)C1COCc2[nH]ncc21.N#CC(NC(=O)C(CC1CC1)NC(=O)C1Cc2cccc(F)c2N1)c1cncc2c1CCCC2.[HH].[HH].[HH].[HH].[HH].[HH].[HH]. The maximum absolute atomic E-state index is 14.1. The molecular formula is C51H73F2N11O5. The van der Waals surface area contributed by atoms with Crippen molar-refractivity contribution >= 4 is 35.0 Å². The minimum Gasteiger partial charge on any atom is -0.374 e. The van der Waals surface area contributed by atoms with Gasteiger partial charge in [0, 0.05) is 52.3 Å². The Morgan fingerprint density at radius 2 is 1.35 bits per heavy atom. The lowest BCUT2D eigenvalue weighted by molar-refractivity contribution is -0.130. The molecule has 5 heterocycles. The lowest BCUT2D eigenvalue weighted by Crippen LogP contribution is -2.54. The molecule has 7 unspecified atom stereocenters. The lowest BCUT2D eigenvalue weighted by atomic mass is 9.88. The quantitative estimate of drug-likeness (QED) is 0.0660. The summed E-state index contributed by atoms with van der Waals surface area (Å²) in [5.41, 5.74) is 6.79. The molecule has 10 rings (SSSR count). The fraction of sp³-hybridized carbons (Fsp3) is 0.490. The summed E-state index contributed by atoms with van der Waals surface area (Å²) in [5.74, 6) is -1.88. The molecule has 4 aromatic rings. The fourth-order valence-corrected chi connectivity index (χ4v) is 9.63. The monoisotopic (exact) mass is 958 g/mol. The van der Waals surface area contributed by atoms with Crippen LogP contribution in [0.25, 0.3) is 0 Å². The Morgan fingerprint density at radius 3 is 1.90 bits per heavy atom. The zero-order chi connectivity index (χ0) is 48.6. The molecule has 3 aliphatic heterocycles. The van der Waals surface area contributed by atoms with Crippen LogP contribution in [-0.2, 0) is 56.2 Å². The Labute approximate surface area is 410 Å². The second kappa shape index (κ2) is 22.0. The maximum Gasteiger partial charge on any atom is 0.243 e. The Morgan fingerprint density at radius 1 is 0.768 bits per heavy atom. The van der Waals surface area contributed by atoms with Crippen molar-refractivity contribution in [3.05, 3.63) is 106 Å². The number of amides is 4. The van der Waals surface area contributed by atoms with Gasteiger partial charge < -0.3 is 36.6 Å². The number of halogens is 2. The topological polar surface area (TPSA) is 239 Å². The largest absolute Gasteiger partial charge is 0.374 e. The zero-order valence-electron chi connectivity index (χ0n) is 38.9. The first-order valence-corrected chi connectivity index (χ1v) is 24.2. The lowest BCUT2D eigenvalue weighted by Gasteiger charge is -2.28. The van der Waals surface area contributed by atoms with E-state index >= 15 is 0 Å². The number of hydrogen-bond donors (Lipinski definition) is 7. The number of fused-ring (bicyclic) bond motifs is 4. The molecule has 2 fully saturated rings. The van der Waals surface area contributed by atoms with Crippen LogP contribution in [0.15, 0.2) is 55.0 Å². The molecule has 18 heteroatoms. The first kappa shape index (κ1) is 48.5. The number of pyridine rings is 1. The zero-order valence-corrected chi connectivity index (χ0v) is 38.9. The number of aromatic nitrogens is 3. The molecule has 2 aromatic carbocycles. The standard InChI is InChI=1S/C26H28FN5O2.C23H25FN6O3.C2H6.7H2/c27-20-7-3-5-16-11-22(30-24(16)20)26(34)31-21(10-15-8-9-15)25(33)32-23(12-28)19-14-29-13-17-4-1-2-6-18(17)19;24-16-3-1-2-13-7-18(27-21(13)16)23(32)28-17(6-12-4-5-12)22(31)29-19(8-25)15-10-33-11-20-14(15)9-26-30-20;1-2;;;;;;;/h3,5,7,13-15,21-23,30H,1-2,4,6,8-11H2,(H,31,34)(H,32,33);1-3,9,12,15,17-19,27H,4-7,10-11H2,(H,26,30)(H,28,32)(H,29,31);1-2H3;7*1H. The van der Waals surface area contributed by atoms with Gasteiger partial charge in [-0.1, -0.05) is 63.8 Å². The predicted molar refractivity (Wildman–Crippen MR) is 266 cm³/mol. The summed E-state index contributed by atoms with van der Waals surface area (Å²) in [4.78, 5) is 56.7. The van der Waals surface area contributed by atoms with Crippen molar-refractivity contribution in [2.45, 2.75) is 140 Å². The first-order chi connectivity index (χ1) is 33.6. The third-order valence-electron chi connectivity index (χ3n) is 13.7. The Kier molecular flexibility index (Phi) is 15.5. The van der Waals surface area contributed by atoms with Gasteiger partial charge in [-0.25, -0.2) is 8.78 Å². The molecule has 6 aliphatic rings. The van der Waals surface area contributed by atoms with E-state index in [2.05, 4.69) is 59.2 Å². The molecule has 3 aliphatic carbocycles. The average molecular weight is 958 g/mol. The van der Waals surface area contributed by atoms with Crippen LogP contribution in [0.2, 0.25) is 0 Å². The smallest absolute Gasteiger partial charge is 0.243 e. The molecule has 7 atom stereocenters. The number of H-pyrrole nitrogens is 1. The third-order valence-corrected chi connectivity index (χ3v) is 13.7. The number of rotatable bonds is 14. The van der Waals surface area contributed by atoms with Gasteiger partial charge >= 0.3 is 0 Å². The third kappa shape index (κ3) is 11.5. The van der Waals surface area contributed by atoms with Gasteiger partial charge in [0.05, 0.1) is 48.6 Å². The summed E-state index contributed by atoms with van der Waals surface area (Å²) in [6, 6.07) is 9.41. The van der Waals surface area contributed by atoms with Gasteiger partial charge in [-0.2, -0.15) is 15.6 Å². The number of carbonyl (C=O) groups excluding carboxylic acids is 4. The minimum atomic E-state index is -0.824. The minimum absolute atomic E-state index is 0. The van der Waals surface area contributed by atoms with Crippen LogP contribution in [0.1, 0.15) is 126 Å². The van der Waals surface area contributed by atoms with Crippen LogP contribution in [-0.4, -0.2) is 75.6 Å². The molecule has 0 saturated heterocycles. The molecule has 4 amide bonds. The molecule has 7 N–H and O–H groups in total. The highest BCUT2D eigenvalue weighted by molar-refractivity contribution is 5.94. The van der Waals surface area contributed by atoms with Crippen LogP contribution in [0, 0.1) is 46.1 Å². The average Bonchev–Trinajstić information content (AvgIpc) is 4.20. The Balaban J connectivity index is 0.000000676. The van der Waals surface area contributed by atoms with Gasteiger partial charge in [0.1, 0.15) is 47.9 Å². The molecule has 0 bridgehead atoms. The van der Waals surface area contributed by atoms with Crippen molar-refractivity contribution in [3.8, 4) is 12.1 Å². The number of nitriles is 2. The van der Waals surface area contributed by atoms with Crippen LogP contribution in [0.5, 0.6) is 0 Å². The molecule has 16 nitrogen and oxygen atoms in total. The summed E-state index contributed by atoms with van der Waals surface area (Å²) in [7, 11) is 0. The van der Waals surface area contributed by atoms with Crippen LogP contribution in [0.4, 0.5) is 20.2 Å². The summed E-state index contributed by atoms with van der Waals surface area (Å²) in [5, 5.41) is 43.7. The number of benzene rings is 2. The Bertz CT molecular complexity index is 2650. The molecular weight excluding hydrogens is 885 g/mol. The van der Waals surface area contributed by atoms with Gasteiger partial charge in [-0.3, -0.25) is 29.3 Å². The van der Waals surface area contributed by atoms with E-state index < -0.39 is 53.8 Å². The highest BCUT2D eigenvalue weighted by Crippen LogP contribution is 2.36. The van der Waals surface area contributed by atoms with Crippen LogP contribution < -0.4 is 31.9 Å². The van der Waals surface area contributed by atoms with E-state index in [1.807, 2.05) is 20.0 Å². The van der Waals surface area contributed by atoms with Crippen molar-refractivity contribution in [1.29, 1.82) is 10.5 Å². The van der Waals surface area contributed by atoms with Crippen molar-refractivity contribution in [3.63, 3.8) is 0 Å². The number of aromatic amines is 1. The predicted octanol–water partition coefficient (Wildman–Crippen LogP) is 7.34. The number of ether oxygens (including phenoxy) is 1. The van der Waals surface area contributed by atoms with E-state index in [1.54, 1.807) is 36.7 Å². The molecule has 376 valence electrons. The summed E-state index contributed by atoms with van der Waals surface area (Å²) >= 11 is 0. The van der Waals surface area contributed by atoms with E-state index in [-0.39, 0.29) is 33.6 Å². The number of anilines is 2. The summed E-state index contributed by atoms with van der Waals surface area (Å²) in [6.45, 7) is 4.68. The van der Waals surface area contributed by atoms with Gasteiger partial charge in [0.15, 0.2) is 0 Å². The van der Waals surface area contributed by atoms with E-state index in [0.29, 0.717) is 62.1 Å². The summed E-state index contributed by atoms with van der Waals surface area (Å²) < 4.78 is 33.7. The molecule has 2 saturated carbocycles. The van der Waals surface area contributed by atoms with Crippen LogP contribution in [0.3, 0.4) is 0 Å². The van der Waals surface area contributed by atoms with E-state index in [9.17, 15) is 38.5 Å². The highest BCUT2D eigenvalue weighted by Gasteiger charge is 2.39. The van der Waals surface area contributed by atoms with Crippen molar-refractivity contribution in [2.24, 2.45) is 11.8 Å². The number of para-hydroxylation sites is 2. The summed E-state index contributed by atoms with van der Waals surface area (Å²) in [6.07, 6.45) is 14.9. The van der Waals surface area contributed by atoms with E-state index in [1.165, 1.54) is 12.1 Å². The highest BCUT2D eigenvalue weighted by atomic mass is 19.1. The number of aryl methyl sites for hydroxylation is 1. The van der Waals surface area contributed by atoms with E-state index in [4.69, 9.17) is 4.74 Å².